The van der Waals surface area contributed by atoms with Crippen LogP contribution in [0.3, 0.4) is 0 Å². The Morgan fingerprint density at radius 2 is 2.00 bits per heavy atom. The Kier molecular flexibility index (Phi) is 7.98. The molecule has 194 valence electrons. The third-order valence-electron chi connectivity index (χ3n) is 7.05. The zero-order valence-corrected chi connectivity index (χ0v) is 22.3. The molecule has 4 rings (SSSR count). The summed E-state index contributed by atoms with van der Waals surface area (Å²) in [4.78, 5) is 31.2. The van der Waals surface area contributed by atoms with Crippen LogP contribution in [0.1, 0.15) is 74.0 Å². The van der Waals surface area contributed by atoms with Gasteiger partial charge in [0.1, 0.15) is 17.3 Å². The molecule has 0 saturated carbocycles. The van der Waals surface area contributed by atoms with Crippen molar-refractivity contribution in [2.45, 2.75) is 58.2 Å². The molecule has 2 unspecified atom stereocenters. The molecule has 0 fully saturated rings. The number of carbonyl (C=O) groups is 2. The number of nitrogens with zero attached hydrogens (tertiary/aromatic N) is 2. The van der Waals surface area contributed by atoms with Gasteiger partial charge in [0.2, 0.25) is 0 Å². The van der Waals surface area contributed by atoms with Gasteiger partial charge in [0.15, 0.2) is 0 Å². The van der Waals surface area contributed by atoms with Crippen LogP contribution in [0.4, 0.5) is 4.39 Å². The van der Waals surface area contributed by atoms with Gasteiger partial charge in [0, 0.05) is 35.5 Å². The van der Waals surface area contributed by atoms with Crippen molar-refractivity contribution in [1.29, 1.82) is 0 Å². The van der Waals surface area contributed by atoms with Crippen LogP contribution in [0, 0.1) is 11.7 Å². The third kappa shape index (κ3) is 5.69. The Balaban J connectivity index is 1.66. The van der Waals surface area contributed by atoms with Crippen LogP contribution in [0.25, 0.3) is 0 Å². The number of aliphatic imine (C=N–C) groups is 1. The van der Waals surface area contributed by atoms with Gasteiger partial charge >= 0.3 is 0 Å². The molecule has 0 bridgehead atoms. The quantitative estimate of drug-likeness (QED) is 0.396. The Bertz CT molecular complexity index is 1250. The highest BCUT2D eigenvalue weighted by molar-refractivity contribution is 6.31. The first kappa shape index (κ1) is 26.8. The maximum atomic E-state index is 14.3. The average molecular weight is 522 g/mol. The van der Waals surface area contributed by atoms with E-state index >= 15 is 0 Å². The summed E-state index contributed by atoms with van der Waals surface area (Å²) in [5.41, 5.74) is 3.05. The molecule has 3 atom stereocenters. The van der Waals surface area contributed by atoms with E-state index in [1.165, 1.54) is 19.1 Å². The van der Waals surface area contributed by atoms with Gasteiger partial charge in [0.05, 0.1) is 17.5 Å². The molecule has 0 radical (unpaired) electrons. The standard InChI is InChI=1S/C30H33ClFN3O2/c1-5-27(22-8-10-23(11-9-22)29(37)33-14-12-20(3)36)35-21(4)28(24-15-25(31)17-26(32)16-24)34-30(35)13-6-7-19(2)18-30/h6-11,15-17,19,27H,4-5,12-14,18H2,1-3H3,(H,33,37)/t19?,27-,30?/m1/s1. The van der Waals surface area contributed by atoms with Crippen LogP contribution < -0.4 is 5.32 Å². The van der Waals surface area contributed by atoms with Crippen molar-refractivity contribution in [2.24, 2.45) is 10.9 Å². The largest absolute Gasteiger partial charge is 0.352 e. The number of benzene rings is 2. The Labute approximate surface area is 223 Å². The minimum absolute atomic E-state index is 0.0372. The van der Waals surface area contributed by atoms with E-state index in [0.29, 0.717) is 40.7 Å². The van der Waals surface area contributed by atoms with Gasteiger partial charge in [-0.05, 0) is 61.6 Å². The van der Waals surface area contributed by atoms with E-state index in [0.717, 1.165) is 30.5 Å². The van der Waals surface area contributed by atoms with Crippen molar-refractivity contribution < 1.29 is 14.0 Å². The maximum Gasteiger partial charge on any atom is 0.251 e. The van der Waals surface area contributed by atoms with E-state index in [2.05, 4.69) is 42.8 Å². The van der Waals surface area contributed by atoms with Crippen molar-refractivity contribution in [2.75, 3.05) is 6.54 Å². The lowest BCUT2D eigenvalue weighted by Gasteiger charge is -2.45. The summed E-state index contributed by atoms with van der Waals surface area (Å²) in [7, 11) is 0. The summed E-state index contributed by atoms with van der Waals surface area (Å²) in [6, 6.07) is 12.0. The van der Waals surface area contributed by atoms with Crippen LogP contribution in [-0.2, 0) is 4.79 Å². The Morgan fingerprint density at radius 1 is 1.27 bits per heavy atom. The molecule has 1 aliphatic heterocycles. The summed E-state index contributed by atoms with van der Waals surface area (Å²) in [5, 5.41) is 3.11. The number of amides is 1. The topological polar surface area (TPSA) is 61.8 Å². The van der Waals surface area contributed by atoms with E-state index in [1.54, 1.807) is 6.07 Å². The van der Waals surface area contributed by atoms with Crippen LogP contribution in [-0.4, -0.2) is 34.5 Å². The second kappa shape index (κ2) is 11.0. The van der Waals surface area contributed by atoms with E-state index < -0.39 is 11.5 Å². The number of halogens is 2. The Hall–Kier alpha value is -3.25. The molecule has 2 aromatic carbocycles. The maximum absolute atomic E-state index is 14.3. The summed E-state index contributed by atoms with van der Waals surface area (Å²) in [6.07, 6.45) is 7.00. The molecule has 0 saturated heterocycles. The second-order valence-corrected chi connectivity index (χ2v) is 10.4. The number of ketones is 1. The van der Waals surface area contributed by atoms with Gasteiger partial charge in [-0.1, -0.05) is 56.3 Å². The number of rotatable bonds is 8. The lowest BCUT2D eigenvalue weighted by Crippen LogP contribution is -2.46. The molecule has 0 aromatic heterocycles. The molecule has 2 aromatic rings. The molecule has 5 nitrogen and oxygen atoms in total. The predicted octanol–water partition coefficient (Wildman–Crippen LogP) is 6.64. The van der Waals surface area contributed by atoms with Crippen LogP contribution >= 0.6 is 11.6 Å². The van der Waals surface area contributed by atoms with Gasteiger partial charge in [0.25, 0.3) is 5.91 Å². The molecule has 2 aliphatic rings. The summed E-state index contributed by atoms with van der Waals surface area (Å²) >= 11 is 6.19. The van der Waals surface area contributed by atoms with Crippen molar-refractivity contribution in [3.63, 3.8) is 0 Å². The predicted molar refractivity (Wildman–Crippen MR) is 146 cm³/mol. The van der Waals surface area contributed by atoms with Crippen molar-refractivity contribution in [1.82, 2.24) is 10.2 Å². The van der Waals surface area contributed by atoms with Crippen LogP contribution in [0.5, 0.6) is 0 Å². The van der Waals surface area contributed by atoms with Crippen molar-refractivity contribution >= 4 is 29.0 Å². The molecule has 1 aliphatic carbocycles. The number of hydrogen-bond acceptors (Lipinski definition) is 4. The normalized spacial score (nSPS) is 21.8. The minimum Gasteiger partial charge on any atom is -0.352 e. The van der Waals surface area contributed by atoms with Crippen molar-refractivity contribution in [3.8, 4) is 0 Å². The molecule has 37 heavy (non-hydrogen) atoms. The highest BCUT2D eigenvalue weighted by atomic mass is 35.5. The smallest absolute Gasteiger partial charge is 0.251 e. The summed E-state index contributed by atoms with van der Waals surface area (Å²) in [5.74, 6) is -0.258. The molecule has 1 N–H and O–H groups in total. The summed E-state index contributed by atoms with van der Waals surface area (Å²) in [6.45, 7) is 10.5. The Morgan fingerprint density at radius 3 is 2.62 bits per heavy atom. The fourth-order valence-corrected chi connectivity index (χ4v) is 5.64. The SMILES string of the molecule is C=C1C(c2cc(F)cc(Cl)c2)=NC2(CC=CC(C)C2)N1[C@H](CC)c1ccc(C(=O)NCCC(C)=O)cc1. The molecule has 1 heterocycles. The van der Waals surface area contributed by atoms with Crippen LogP contribution in [0.2, 0.25) is 5.02 Å². The molecule has 1 amide bonds. The number of carbonyl (C=O) groups excluding carboxylic acids is 2. The second-order valence-electron chi connectivity index (χ2n) is 9.99. The fraction of sp³-hybridized carbons (Fsp3) is 0.367. The highest BCUT2D eigenvalue weighted by Gasteiger charge is 2.48. The number of nitrogens with one attached hydrogen (secondary N) is 1. The first-order chi connectivity index (χ1) is 17.6. The van der Waals surface area contributed by atoms with E-state index in [-0.39, 0.29) is 17.7 Å². The lowest BCUT2D eigenvalue weighted by atomic mass is 9.85. The average Bonchev–Trinajstić information content (AvgIpc) is 3.10. The van der Waals surface area contributed by atoms with Gasteiger partial charge in [-0.15, -0.1) is 0 Å². The molecule has 7 heteroatoms. The highest BCUT2D eigenvalue weighted by Crippen LogP contribution is 2.48. The molecular formula is C30H33ClFN3O2. The first-order valence-corrected chi connectivity index (χ1v) is 13.1. The monoisotopic (exact) mass is 521 g/mol. The van der Waals surface area contributed by atoms with E-state index in [1.807, 2.05) is 24.3 Å². The number of allylic oxidation sites excluding steroid dienone is 2. The number of hydrogen-bond donors (Lipinski definition) is 1. The molecular weight excluding hydrogens is 489 g/mol. The van der Waals surface area contributed by atoms with Gasteiger partial charge in [-0.2, -0.15) is 0 Å². The third-order valence-corrected chi connectivity index (χ3v) is 7.26. The van der Waals surface area contributed by atoms with Crippen molar-refractivity contribution in [3.05, 3.63) is 94.4 Å². The molecule has 1 spiro atoms. The van der Waals surface area contributed by atoms with Gasteiger partial charge in [-0.25, -0.2) is 4.39 Å². The van der Waals surface area contributed by atoms with Crippen LogP contribution in [0.15, 0.2) is 71.9 Å². The minimum atomic E-state index is -0.539. The first-order valence-electron chi connectivity index (χ1n) is 12.7. The van der Waals surface area contributed by atoms with E-state index in [4.69, 9.17) is 16.6 Å². The van der Waals surface area contributed by atoms with E-state index in [9.17, 15) is 14.0 Å². The van der Waals surface area contributed by atoms with Gasteiger partial charge < -0.3 is 10.2 Å². The summed E-state index contributed by atoms with van der Waals surface area (Å²) < 4.78 is 14.3. The zero-order chi connectivity index (χ0) is 26.7. The zero-order valence-electron chi connectivity index (χ0n) is 21.6. The lowest BCUT2D eigenvalue weighted by molar-refractivity contribution is -0.116. The fourth-order valence-electron chi connectivity index (χ4n) is 5.41. The van der Waals surface area contributed by atoms with Gasteiger partial charge in [-0.3, -0.25) is 14.6 Å². The number of Topliss-reactive ketones (excluding diaryl/α,β-unsaturated/α-hetero) is 1.